The maximum atomic E-state index is 13.7. The Labute approximate surface area is 330 Å². The molecule has 0 aliphatic carbocycles. The molecule has 0 bridgehead atoms. The van der Waals surface area contributed by atoms with Crippen molar-refractivity contribution in [1.29, 1.82) is 0 Å². The van der Waals surface area contributed by atoms with Gasteiger partial charge in [-0.3, -0.25) is 19.6 Å². The molecule has 2 aromatic heterocycles. The second-order valence-electron chi connectivity index (χ2n) is 14.8. The molecule has 0 radical (unpaired) electrons. The summed E-state index contributed by atoms with van der Waals surface area (Å²) in [6.45, 7) is 11.3. The average Bonchev–Trinajstić information content (AvgIpc) is 3.13. The molecule has 4 aromatic rings. The average molecular weight is 800 g/mol. The van der Waals surface area contributed by atoms with E-state index in [9.17, 15) is 19.2 Å². The van der Waals surface area contributed by atoms with E-state index in [0.717, 1.165) is 0 Å². The minimum atomic E-state index is -1.39. The molecule has 2 aromatic carbocycles. The van der Waals surface area contributed by atoms with Crippen LogP contribution in [0.25, 0.3) is 32.7 Å². The Kier molecular flexibility index (Phi) is 14.3. The van der Waals surface area contributed by atoms with Crippen LogP contribution in [0, 0.1) is 0 Å². The molecule has 2 atom stereocenters. The van der Waals surface area contributed by atoms with Crippen molar-refractivity contribution in [2.24, 2.45) is 0 Å². The first-order chi connectivity index (χ1) is 25.6. The molecule has 55 heavy (non-hydrogen) atoms. The van der Waals surface area contributed by atoms with Crippen LogP contribution in [0.4, 0.5) is 0 Å². The van der Waals surface area contributed by atoms with E-state index in [0.29, 0.717) is 22.1 Å². The summed E-state index contributed by atoms with van der Waals surface area (Å²) in [4.78, 5) is 70.3. The molecule has 16 nitrogen and oxygen atoms in total. The van der Waals surface area contributed by atoms with Crippen molar-refractivity contribution >= 4 is 45.7 Å². The summed E-state index contributed by atoms with van der Waals surface area (Å²) in [5.41, 5.74) is -1.68. The summed E-state index contributed by atoms with van der Waals surface area (Å²) in [5, 5.41) is 21.0. The number of aromatic nitrogens is 4. The molecule has 0 spiro atoms. The summed E-state index contributed by atoms with van der Waals surface area (Å²) in [5.74, 6) is -1.80. The molecule has 4 N–H and O–H groups in total. The van der Waals surface area contributed by atoms with Crippen LogP contribution in [0.15, 0.2) is 60.9 Å². The summed E-state index contributed by atoms with van der Waals surface area (Å²) in [7, 11) is 0. The van der Waals surface area contributed by atoms with Gasteiger partial charge >= 0.3 is 16.5 Å². The third-order valence-corrected chi connectivity index (χ3v) is 8.73. The van der Waals surface area contributed by atoms with Gasteiger partial charge in [0.25, 0.3) is 11.8 Å². The molecule has 17 heteroatoms. The van der Waals surface area contributed by atoms with Gasteiger partial charge in [0.1, 0.15) is 22.6 Å². The molecule has 5 rings (SSSR count). The number of ether oxygens (including phenoxy) is 2. The van der Waals surface area contributed by atoms with Gasteiger partial charge in [-0.25, -0.2) is 9.97 Å². The number of hydrogen-bond donors (Lipinski definition) is 4. The minimum absolute atomic E-state index is 0. The molecule has 1 aliphatic heterocycles. The fraction of sp³-hybridized carbons (Fsp3) is 0.474. The van der Waals surface area contributed by atoms with E-state index in [1.165, 1.54) is 12.4 Å². The van der Waals surface area contributed by atoms with E-state index in [2.05, 4.69) is 51.8 Å². The number of nitrogens with one attached hydrogen (secondary N) is 4. The number of benzene rings is 2. The first-order valence-corrected chi connectivity index (χ1v) is 17.8. The second kappa shape index (κ2) is 18.3. The summed E-state index contributed by atoms with van der Waals surface area (Å²) in [6, 6.07) is 14.5. The molecular weight excluding hydrogens is 751 g/mol. The van der Waals surface area contributed by atoms with Crippen LogP contribution < -0.4 is 21.3 Å². The predicted octanol–water partition coefficient (Wildman–Crippen LogP) is 2.83. The zero-order chi connectivity index (χ0) is 39.0. The first kappa shape index (κ1) is 43.1. The predicted molar refractivity (Wildman–Crippen MR) is 203 cm³/mol. The minimum Gasteiger partial charge on any atom is -0.645 e. The number of rotatable bonds is 10. The van der Waals surface area contributed by atoms with Gasteiger partial charge in [0.15, 0.2) is 0 Å². The third kappa shape index (κ3) is 11.7. The van der Waals surface area contributed by atoms with Crippen molar-refractivity contribution in [2.75, 3.05) is 52.5 Å². The maximum Gasteiger partial charge on any atom is 2.00 e. The standard InChI is InChI=1S/C38H50N10O6.Ni/c1-35(2)21-39-23-38(6,54-18-16-42-32(50)30-20-44-26-12-8-10-14-28(26)46-30)34(52)48-36(3,4)22-40-24-37(5,33(51)47-35)53-17-15-41-31(49)29-19-43-25-11-7-9-13-27(25)45-29;/h7-14,19-20,39-40H,15-18,21-24H2,1-6H3,(H4,41,42,47,48,49,50,51,52);/q;+2/p-2/t37-,38-;/m1./s1. The van der Waals surface area contributed by atoms with Gasteiger partial charge in [0.05, 0.1) is 59.5 Å². The number of hydrogen-bond acceptors (Lipinski definition) is 12. The molecule has 296 valence electrons. The Hall–Kier alpha value is -4.67. The van der Waals surface area contributed by atoms with E-state index in [-0.39, 0.29) is 80.4 Å². The topological polar surface area (TPSA) is 215 Å². The Morgan fingerprint density at radius 2 is 1.00 bits per heavy atom. The Bertz CT molecular complexity index is 1860. The number of carbonyl (C=O) groups is 4. The number of amides is 4. The largest absolute Gasteiger partial charge is 2.00 e. The molecule has 0 unspecified atom stereocenters. The number of fused-ring (bicyclic) bond motifs is 2. The van der Waals surface area contributed by atoms with Crippen molar-refractivity contribution in [2.45, 2.75) is 63.8 Å². The molecule has 1 saturated heterocycles. The summed E-state index contributed by atoms with van der Waals surface area (Å²) in [6.07, 6.45) is 2.83. The van der Waals surface area contributed by atoms with Crippen molar-refractivity contribution in [3.05, 3.63) is 82.9 Å². The van der Waals surface area contributed by atoms with Crippen LogP contribution in [0.3, 0.4) is 0 Å². The molecule has 1 fully saturated rings. The van der Waals surface area contributed by atoms with Crippen LogP contribution in [0.2, 0.25) is 0 Å². The fourth-order valence-corrected chi connectivity index (χ4v) is 5.65. The van der Waals surface area contributed by atoms with E-state index >= 15 is 0 Å². The van der Waals surface area contributed by atoms with E-state index in [4.69, 9.17) is 9.47 Å². The van der Waals surface area contributed by atoms with Gasteiger partial charge in [-0.2, -0.15) is 0 Å². The normalized spacial score (nSPS) is 21.7. The van der Waals surface area contributed by atoms with Crippen molar-refractivity contribution < 1.29 is 45.1 Å². The van der Waals surface area contributed by atoms with Crippen LogP contribution in [0.1, 0.15) is 62.5 Å². The van der Waals surface area contributed by atoms with Crippen molar-refractivity contribution in [3.63, 3.8) is 0 Å². The van der Waals surface area contributed by atoms with Gasteiger partial charge in [-0.1, -0.05) is 63.0 Å². The van der Waals surface area contributed by atoms with Gasteiger partial charge in [0, 0.05) is 26.2 Å². The van der Waals surface area contributed by atoms with Crippen LogP contribution in [0.5, 0.6) is 0 Å². The summed E-state index contributed by atoms with van der Waals surface area (Å²) >= 11 is 0. The molecule has 0 saturated carbocycles. The van der Waals surface area contributed by atoms with E-state index < -0.39 is 45.9 Å². The SMILES string of the molecule is CC1(C)CNC[C@@](C)(OCCNC(=O)c2cnc3ccccc3n2)C(=O)[N-]C(C)(C)CNC[C@@](C)(OCCNC(=O)c2cnc3ccccc3n2)C(=O)[N-]1.[Ni+2]. The molecule has 4 amide bonds. The second-order valence-corrected chi connectivity index (χ2v) is 14.8. The van der Waals surface area contributed by atoms with Crippen molar-refractivity contribution in [3.8, 4) is 0 Å². The smallest absolute Gasteiger partial charge is 0.645 e. The first-order valence-electron chi connectivity index (χ1n) is 17.8. The number of carbonyl (C=O) groups excluding carboxylic acids is 4. The molecular formula is C38H48N10NiO6. The van der Waals surface area contributed by atoms with Crippen LogP contribution in [-0.2, 0) is 35.6 Å². The van der Waals surface area contributed by atoms with E-state index in [1.54, 1.807) is 53.7 Å². The third-order valence-electron chi connectivity index (χ3n) is 8.73. The number of nitrogens with zero attached hydrogens (tertiary/aromatic N) is 6. The van der Waals surface area contributed by atoms with Gasteiger partial charge in [0.2, 0.25) is 0 Å². The Morgan fingerprint density at radius 1 is 0.636 bits per heavy atom. The summed E-state index contributed by atoms with van der Waals surface area (Å²) < 4.78 is 12.2. The zero-order valence-electron chi connectivity index (χ0n) is 31.9. The maximum absolute atomic E-state index is 13.7. The van der Waals surface area contributed by atoms with Crippen molar-refractivity contribution in [1.82, 2.24) is 41.2 Å². The Morgan fingerprint density at radius 3 is 1.38 bits per heavy atom. The molecule has 1 aliphatic rings. The van der Waals surface area contributed by atoms with Gasteiger partial charge in [-0.15, -0.1) is 0 Å². The zero-order valence-corrected chi connectivity index (χ0v) is 32.9. The number of para-hydroxylation sites is 4. The van der Waals surface area contributed by atoms with Gasteiger partial charge < -0.3 is 51.0 Å². The monoisotopic (exact) mass is 798 g/mol. The van der Waals surface area contributed by atoms with E-state index in [1.807, 2.05) is 36.4 Å². The fourth-order valence-electron chi connectivity index (χ4n) is 5.65. The van der Waals surface area contributed by atoms with Crippen LogP contribution in [-0.4, -0.2) is 118 Å². The quantitative estimate of drug-likeness (QED) is 0.135. The van der Waals surface area contributed by atoms with Crippen LogP contribution >= 0.6 is 0 Å². The van der Waals surface area contributed by atoms with Gasteiger partial charge in [-0.05, 0) is 51.2 Å². The Balaban J connectivity index is 0.00000673. The molecule has 3 heterocycles.